The van der Waals surface area contributed by atoms with Gasteiger partial charge in [-0.3, -0.25) is 4.79 Å². The molecule has 0 aliphatic rings. The molecule has 0 fully saturated rings. The number of benzene rings is 1. The van der Waals surface area contributed by atoms with Crippen molar-refractivity contribution in [3.05, 3.63) is 59.5 Å². The van der Waals surface area contributed by atoms with Gasteiger partial charge < -0.3 is 9.15 Å². The number of rotatable bonds is 5. The van der Waals surface area contributed by atoms with Gasteiger partial charge in [-0.25, -0.2) is 0 Å². The van der Waals surface area contributed by atoms with Crippen LogP contribution in [0, 0.1) is 0 Å². The summed E-state index contributed by atoms with van der Waals surface area (Å²) in [5.74, 6) is 1.04. The molecule has 1 heterocycles. The zero-order valence-electron chi connectivity index (χ0n) is 9.68. The zero-order chi connectivity index (χ0) is 12.1. The van der Waals surface area contributed by atoms with Crippen molar-refractivity contribution in [3.8, 4) is 0 Å². The Bertz CT molecular complexity index is 485. The minimum Gasteiger partial charge on any atom is -0.456 e. The molecule has 1 aromatic carbocycles. The van der Waals surface area contributed by atoms with Crippen molar-refractivity contribution < 1.29 is 13.9 Å². The topological polar surface area (TPSA) is 39.4 Å². The first-order chi connectivity index (χ1) is 8.29. The molecule has 0 aliphatic heterocycles. The molecule has 0 saturated heterocycles. The SMILES string of the molecule is COCc1ccc(C(=O)Cc2ccccc2)o1. The van der Waals surface area contributed by atoms with Crippen LogP contribution in [0.2, 0.25) is 0 Å². The van der Waals surface area contributed by atoms with E-state index in [4.69, 9.17) is 9.15 Å². The van der Waals surface area contributed by atoms with E-state index in [2.05, 4.69) is 0 Å². The second-order valence-corrected chi connectivity index (χ2v) is 3.78. The Morgan fingerprint density at radius 3 is 2.65 bits per heavy atom. The first kappa shape index (κ1) is 11.6. The van der Waals surface area contributed by atoms with Gasteiger partial charge in [0.1, 0.15) is 12.4 Å². The van der Waals surface area contributed by atoms with Crippen molar-refractivity contribution in [1.82, 2.24) is 0 Å². The number of carbonyl (C=O) groups is 1. The normalized spacial score (nSPS) is 10.4. The predicted molar refractivity (Wildman–Crippen MR) is 63.9 cm³/mol. The smallest absolute Gasteiger partial charge is 0.202 e. The highest BCUT2D eigenvalue weighted by Gasteiger charge is 2.11. The number of hydrogen-bond acceptors (Lipinski definition) is 3. The minimum absolute atomic E-state index is 0.0152. The van der Waals surface area contributed by atoms with Gasteiger partial charge in [-0.15, -0.1) is 0 Å². The van der Waals surface area contributed by atoms with E-state index in [-0.39, 0.29) is 5.78 Å². The van der Waals surface area contributed by atoms with Crippen molar-refractivity contribution >= 4 is 5.78 Å². The molecule has 0 saturated carbocycles. The molecule has 0 amide bonds. The Morgan fingerprint density at radius 1 is 1.18 bits per heavy atom. The average Bonchev–Trinajstić information content (AvgIpc) is 2.79. The van der Waals surface area contributed by atoms with Gasteiger partial charge in [-0.05, 0) is 17.7 Å². The van der Waals surface area contributed by atoms with Gasteiger partial charge >= 0.3 is 0 Å². The lowest BCUT2D eigenvalue weighted by Gasteiger charge is -1.98. The van der Waals surface area contributed by atoms with Crippen LogP contribution >= 0.6 is 0 Å². The molecule has 0 N–H and O–H groups in total. The Balaban J connectivity index is 2.04. The quantitative estimate of drug-likeness (QED) is 0.741. The Kier molecular flexibility index (Phi) is 3.73. The number of carbonyl (C=O) groups excluding carboxylic acids is 1. The van der Waals surface area contributed by atoms with Gasteiger partial charge in [0, 0.05) is 13.5 Å². The predicted octanol–water partition coefficient (Wildman–Crippen LogP) is 2.85. The average molecular weight is 230 g/mol. The van der Waals surface area contributed by atoms with Gasteiger partial charge in [0.15, 0.2) is 5.76 Å². The van der Waals surface area contributed by atoms with Crippen molar-refractivity contribution in [3.63, 3.8) is 0 Å². The molecule has 0 aliphatic carbocycles. The molecule has 88 valence electrons. The monoisotopic (exact) mass is 230 g/mol. The molecule has 0 spiro atoms. The van der Waals surface area contributed by atoms with E-state index in [1.54, 1.807) is 19.2 Å². The summed E-state index contributed by atoms with van der Waals surface area (Å²) in [7, 11) is 1.59. The van der Waals surface area contributed by atoms with Crippen LogP contribution in [0.1, 0.15) is 21.9 Å². The summed E-state index contributed by atoms with van der Waals surface area (Å²) in [5.41, 5.74) is 0.988. The lowest BCUT2D eigenvalue weighted by atomic mass is 10.1. The zero-order valence-corrected chi connectivity index (χ0v) is 9.68. The molecule has 0 bridgehead atoms. The molecule has 3 heteroatoms. The van der Waals surface area contributed by atoms with E-state index in [1.165, 1.54) is 0 Å². The van der Waals surface area contributed by atoms with Crippen LogP contribution in [0.3, 0.4) is 0 Å². The summed E-state index contributed by atoms with van der Waals surface area (Å²) in [5, 5.41) is 0. The largest absolute Gasteiger partial charge is 0.456 e. The Morgan fingerprint density at radius 2 is 1.94 bits per heavy atom. The van der Waals surface area contributed by atoms with Crippen LogP contribution in [0.4, 0.5) is 0 Å². The van der Waals surface area contributed by atoms with Gasteiger partial charge in [0.2, 0.25) is 5.78 Å². The summed E-state index contributed by atoms with van der Waals surface area (Å²) in [6.07, 6.45) is 0.362. The number of methoxy groups -OCH3 is 1. The van der Waals surface area contributed by atoms with Gasteiger partial charge in [0.05, 0.1) is 0 Å². The van der Waals surface area contributed by atoms with Crippen molar-refractivity contribution in [2.45, 2.75) is 13.0 Å². The lowest BCUT2D eigenvalue weighted by Crippen LogP contribution is -2.01. The van der Waals surface area contributed by atoms with Crippen LogP contribution in [-0.4, -0.2) is 12.9 Å². The minimum atomic E-state index is -0.0152. The molecule has 1 aromatic heterocycles. The first-order valence-electron chi connectivity index (χ1n) is 5.44. The third-order valence-electron chi connectivity index (χ3n) is 2.43. The number of ketones is 1. The van der Waals surface area contributed by atoms with Crippen LogP contribution in [-0.2, 0) is 17.8 Å². The third kappa shape index (κ3) is 3.04. The van der Waals surface area contributed by atoms with Gasteiger partial charge in [0.25, 0.3) is 0 Å². The number of furan rings is 1. The third-order valence-corrected chi connectivity index (χ3v) is 2.43. The van der Waals surface area contributed by atoms with Crippen molar-refractivity contribution in [1.29, 1.82) is 0 Å². The molecule has 2 rings (SSSR count). The van der Waals surface area contributed by atoms with E-state index in [9.17, 15) is 4.79 Å². The van der Waals surface area contributed by atoms with E-state index in [0.717, 1.165) is 5.56 Å². The Hall–Kier alpha value is -1.87. The molecule has 0 atom stereocenters. The van der Waals surface area contributed by atoms with E-state index in [0.29, 0.717) is 24.5 Å². The van der Waals surface area contributed by atoms with Gasteiger partial charge in [-0.1, -0.05) is 30.3 Å². The summed E-state index contributed by atoms with van der Waals surface area (Å²) < 4.78 is 10.3. The lowest BCUT2D eigenvalue weighted by molar-refractivity contribution is 0.0957. The summed E-state index contributed by atoms with van der Waals surface area (Å²) >= 11 is 0. The van der Waals surface area contributed by atoms with E-state index < -0.39 is 0 Å². The fourth-order valence-electron chi connectivity index (χ4n) is 1.62. The molecule has 2 aromatic rings. The standard InChI is InChI=1S/C14H14O3/c1-16-10-12-7-8-14(17-12)13(15)9-11-5-3-2-4-6-11/h2-8H,9-10H2,1H3. The fourth-order valence-corrected chi connectivity index (χ4v) is 1.62. The molecule has 0 radical (unpaired) electrons. The van der Waals surface area contributed by atoms with Crippen molar-refractivity contribution in [2.75, 3.05) is 7.11 Å². The molecule has 17 heavy (non-hydrogen) atoms. The highest BCUT2D eigenvalue weighted by atomic mass is 16.5. The van der Waals surface area contributed by atoms with Crippen LogP contribution in [0.5, 0.6) is 0 Å². The maximum Gasteiger partial charge on any atom is 0.202 e. The van der Waals surface area contributed by atoms with Gasteiger partial charge in [-0.2, -0.15) is 0 Å². The maximum atomic E-state index is 11.9. The molecular weight excluding hydrogens is 216 g/mol. The molecule has 0 unspecified atom stereocenters. The van der Waals surface area contributed by atoms with Crippen LogP contribution < -0.4 is 0 Å². The second-order valence-electron chi connectivity index (χ2n) is 3.78. The van der Waals surface area contributed by atoms with Crippen molar-refractivity contribution in [2.24, 2.45) is 0 Å². The summed E-state index contributed by atoms with van der Waals surface area (Å²) in [6, 6.07) is 13.1. The number of hydrogen-bond donors (Lipinski definition) is 0. The maximum absolute atomic E-state index is 11.9. The molecule has 3 nitrogen and oxygen atoms in total. The summed E-state index contributed by atoms with van der Waals surface area (Å²) in [6.45, 7) is 0.388. The molecular formula is C14H14O3. The second kappa shape index (κ2) is 5.46. The van der Waals surface area contributed by atoms with Crippen LogP contribution in [0.15, 0.2) is 46.9 Å². The fraction of sp³-hybridized carbons (Fsp3) is 0.214. The highest BCUT2D eigenvalue weighted by molar-refractivity contribution is 5.95. The summed E-state index contributed by atoms with van der Waals surface area (Å²) in [4.78, 5) is 11.9. The first-order valence-corrected chi connectivity index (χ1v) is 5.44. The Labute approximate surface area is 100 Å². The van der Waals surface area contributed by atoms with E-state index >= 15 is 0 Å². The number of ether oxygens (including phenoxy) is 1. The highest BCUT2D eigenvalue weighted by Crippen LogP contribution is 2.12. The number of Topliss-reactive ketones (excluding diaryl/α,β-unsaturated/α-hetero) is 1. The van der Waals surface area contributed by atoms with Crippen LogP contribution in [0.25, 0.3) is 0 Å². The van der Waals surface area contributed by atoms with E-state index in [1.807, 2.05) is 30.3 Å².